The van der Waals surface area contributed by atoms with Crippen molar-refractivity contribution in [2.24, 2.45) is 0 Å². The van der Waals surface area contributed by atoms with E-state index >= 15 is 0 Å². The van der Waals surface area contributed by atoms with Crippen LogP contribution in [0.1, 0.15) is 28.5 Å². The van der Waals surface area contributed by atoms with Gasteiger partial charge in [-0.1, -0.05) is 18.5 Å². The minimum absolute atomic E-state index is 0.150. The van der Waals surface area contributed by atoms with E-state index in [9.17, 15) is 4.79 Å². The van der Waals surface area contributed by atoms with E-state index in [4.69, 9.17) is 21.4 Å². The summed E-state index contributed by atoms with van der Waals surface area (Å²) in [5, 5.41) is 9.70. The van der Waals surface area contributed by atoms with Crippen molar-refractivity contribution < 1.29 is 14.6 Å². The fourth-order valence-electron chi connectivity index (χ4n) is 1.82. The first-order valence-corrected chi connectivity index (χ1v) is 6.55. The second-order valence-corrected chi connectivity index (χ2v) is 4.76. The number of aromatic nitrogens is 1. The van der Waals surface area contributed by atoms with Crippen LogP contribution in [0.25, 0.3) is 0 Å². The quantitative estimate of drug-likeness (QED) is 0.921. The zero-order chi connectivity index (χ0) is 14.7. The zero-order valence-corrected chi connectivity index (χ0v) is 11.9. The molecule has 20 heavy (non-hydrogen) atoms. The van der Waals surface area contributed by atoms with Crippen molar-refractivity contribution in [3.8, 4) is 11.6 Å². The van der Waals surface area contributed by atoms with Crippen LogP contribution in [-0.2, 0) is 6.42 Å². The van der Waals surface area contributed by atoms with Gasteiger partial charge in [-0.3, -0.25) is 0 Å². The van der Waals surface area contributed by atoms with E-state index in [1.54, 1.807) is 19.1 Å². The van der Waals surface area contributed by atoms with Gasteiger partial charge in [-0.2, -0.15) is 0 Å². The number of rotatable bonds is 4. The van der Waals surface area contributed by atoms with Crippen LogP contribution in [0.4, 0.5) is 0 Å². The predicted octanol–water partition coefficient (Wildman–Crippen LogP) is 4.10. The average molecular weight is 292 g/mol. The summed E-state index contributed by atoms with van der Waals surface area (Å²) < 4.78 is 5.61. The SMILES string of the molecule is CCc1cc(Oc2cc(C(=O)O)cc(C)n2)ccc1Cl. The highest BCUT2D eigenvalue weighted by Crippen LogP contribution is 2.26. The molecule has 1 aromatic heterocycles. The Bertz CT molecular complexity index is 656. The summed E-state index contributed by atoms with van der Waals surface area (Å²) >= 11 is 6.04. The maximum Gasteiger partial charge on any atom is 0.335 e. The van der Waals surface area contributed by atoms with E-state index in [0.717, 1.165) is 12.0 Å². The third kappa shape index (κ3) is 3.27. The van der Waals surface area contributed by atoms with E-state index in [0.29, 0.717) is 16.5 Å². The predicted molar refractivity (Wildman–Crippen MR) is 76.8 cm³/mol. The smallest absolute Gasteiger partial charge is 0.335 e. The van der Waals surface area contributed by atoms with Crippen LogP contribution in [0.15, 0.2) is 30.3 Å². The number of halogens is 1. The fraction of sp³-hybridized carbons (Fsp3) is 0.200. The highest BCUT2D eigenvalue weighted by atomic mass is 35.5. The van der Waals surface area contributed by atoms with Crippen molar-refractivity contribution in [1.29, 1.82) is 0 Å². The van der Waals surface area contributed by atoms with Gasteiger partial charge in [-0.15, -0.1) is 0 Å². The minimum atomic E-state index is -1.01. The van der Waals surface area contributed by atoms with E-state index in [1.165, 1.54) is 12.1 Å². The number of pyridine rings is 1. The molecular weight excluding hydrogens is 278 g/mol. The Morgan fingerprint density at radius 3 is 2.75 bits per heavy atom. The lowest BCUT2D eigenvalue weighted by Gasteiger charge is -2.09. The van der Waals surface area contributed by atoms with Gasteiger partial charge in [0.05, 0.1) is 5.56 Å². The van der Waals surface area contributed by atoms with Crippen molar-refractivity contribution in [1.82, 2.24) is 4.98 Å². The maximum atomic E-state index is 11.0. The first-order chi connectivity index (χ1) is 9.49. The highest BCUT2D eigenvalue weighted by Gasteiger charge is 2.09. The molecule has 5 heteroatoms. The Morgan fingerprint density at radius 1 is 1.35 bits per heavy atom. The monoisotopic (exact) mass is 291 g/mol. The van der Waals surface area contributed by atoms with Crippen LogP contribution in [0.3, 0.4) is 0 Å². The molecule has 1 aromatic carbocycles. The lowest BCUT2D eigenvalue weighted by atomic mass is 10.1. The standard InChI is InChI=1S/C15H14ClNO3/c1-3-10-7-12(4-5-13(10)16)20-14-8-11(15(18)19)6-9(2)17-14/h4-8H,3H2,1-2H3,(H,18,19). The summed E-state index contributed by atoms with van der Waals surface area (Å²) in [7, 11) is 0. The van der Waals surface area contributed by atoms with Gasteiger partial charge in [0, 0.05) is 16.8 Å². The van der Waals surface area contributed by atoms with Crippen LogP contribution in [-0.4, -0.2) is 16.1 Å². The summed E-state index contributed by atoms with van der Waals surface area (Å²) in [4.78, 5) is 15.2. The van der Waals surface area contributed by atoms with E-state index in [1.807, 2.05) is 13.0 Å². The average Bonchev–Trinajstić information content (AvgIpc) is 2.40. The third-order valence-electron chi connectivity index (χ3n) is 2.80. The molecule has 0 unspecified atom stereocenters. The van der Waals surface area contributed by atoms with Crippen molar-refractivity contribution >= 4 is 17.6 Å². The van der Waals surface area contributed by atoms with Gasteiger partial charge >= 0.3 is 5.97 Å². The maximum absolute atomic E-state index is 11.0. The topological polar surface area (TPSA) is 59.4 Å². The molecule has 0 amide bonds. The van der Waals surface area contributed by atoms with Crippen LogP contribution < -0.4 is 4.74 Å². The van der Waals surface area contributed by atoms with Crippen molar-refractivity contribution in [2.75, 3.05) is 0 Å². The summed E-state index contributed by atoms with van der Waals surface area (Å²) in [5.74, 6) is -0.168. The Morgan fingerprint density at radius 2 is 2.10 bits per heavy atom. The fourth-order valence-corrected chi connectivity index (χ4v) is 2.07. The second-order valence-electron chi connectivity index (χ2n) is 4.35. The highest BCUT2D eigenvalue weighted by molar-refractivity contribution is 6.31. The van der Waals surface area contributed by atoms with Crippen molar-refractivity contribution in [2.45, 2.75) is 20.3 Å². The molecule has 0 saturated carbocycles. The normalized spacial score (nSPS) is 10.3. The molecule has 1 heterocycles. The van der Waals surface area contributed by atoms with Crippen molar-refractivity contribution in [3.05, 3.63) is 52.2 Å². The number of carbonyl (C=O) groups is 1. The molecule has 4 nitrogen and oxygen atoms in total. The Labute approximate surface area is 122 Å². The number of nitrogens with zero attached hydrogens (tertiary/aromatic N) is 1. The van der Waals surface area contributed by atoms with Crippen LogP contribution in [0.5, 0.6) is 11.6 Å². The third-order valence-corrected chi connectivity index (χ3v) is 3.17. The molecule has 0 radical (unpaired) electrons. The first kappa shape index (κ1) is 14.3. The van der Waals surface area contributed by atoms with E-state index < -0.39 is 5.97 Å². The molecule has 0 aliphatic rings. The Kier molecular flexibility index (Phi) is 4.25. The molecule has 2 rings (SSSR count). The molecule has 0 saturated heterocycles. The number of carboxylic acid groups (broad SMARTS) is 1. The molecular formula is C15H14ClNO3. The molecule has 1 N–H and O–H groups in total. The van der Waals surface area contributed by atoms with Gasteiger partial charge in [0.2, 0.25) is 5.88 Å². The minimum Gasteiger partial charge on any atom is -0.478 e. The molecule has 2 aromatic rings. The lowest BCUT2D eigenvalue weighted by molar-refractivity contribution is 0.0696. The first-order valence-electron chi connectivity index (χ1n) is 6.18. The number of aryl methyl sites for hydroxylation is 2. The summed E-state index contributed by atoms with van der Waals surface area (Å²) in [6.07, 6.45) is 0.789. The van der Waals surface area contributed by atoms with Crippen molar-refractivity contribution in [3.63, 3.8) is 0 Å². The van der Waals surface area contributed by atoms with Crippen LogP contribution in [0.2, 0.25) is 5.02 Å². The molecule has 0 aliphatic heterocycles. The molecule has 0 aliphatic carbocycles. The van der Waals surface area contributed by atoms with E-state index in [-0.39, 0.29) is 11.4 Å². The second kappa shape index (κ2) is 5.92. The molecule has 0 bridgehead atoms. The number of carboxylic acids is 1. The number of hydrogen-bond donors (Lipinski definition) is 1. The Hall–Kier alpha value is -2.07. The van der Waals surface area contributed by atoms with E-state index in [2.05, 4.69) is 4.98 Å². The lowest BCUT2D eigenvalue weighted by Crippen LogP contribution is -2.00. The largest absolute Gasteiger partial charge is 0.478 e. The number of hydrogen-bond acceptors (Lipinski definition) is 3. The van der Waals surface area contributed by atoms with Gasteiger partial charge in [0.25, 0.3) is 0 Å². The van der Waals surface area contributed by atoms with Gasteiger partial charge in [-0.25, -0.2) is 9.78 Å². The van der Waals surface area contributed by atoms with Gasteiger partial charge in [-0.05, 0) is 43.2 Å². The number of ether oxygens (including phenoxy) is 1. The molecule has 0 spiro atoms. The van der Waals surface area contributed by atoms with Crippen LogP contribution in [0, 0.1) is 6.92 Å². The van der Waals surface area contributed by atoms with Gasteiger partial charge in [0.15, 0.2) is 0 Å². The summed E-state index contributed by atoms with van der Waals surface area (Å²) in [5.41, 5.74) is 1.71. The summed E-state index contributed by atoms with van der Waals surface area (Å²) in [6.45, 7) is 3.72. The molecule has 104 valence electrons. The Balaban J connectivity index is 2.32. The van der Waals surface area contributed by atoms with Crippen LogP contribution >= 0.6 is 11.6 Å². The van der Waals surface area contributed by atoms with Gasteiger partial charge in [0.1, 0.15) is 5.75 Å². The summed E-state index contributed by atoms with van der Waals surface area (Å²) in [6, 6.07) is 8.20. The molecule has 0 fully saturated rings. The molecule has 0 atom stereocenters. The zero-order valence-electron chi connectivity index (χ0n) is 11.2. The number of benzene rings is 1. The number of aromatic carboxylic acids is 1. The van der Waals surface area contributed by atoms with Gasteiger partial charge < -0.3 is 9.84 Å².